The van der Waals surface area contributed by atoms with Gasteiger partial charge in [0.25, 0.3) is 0 Å². The lowest BCUT2D eigenvalue weighted by Crippen LogP contribution is -2.37. The first kappa shape index (κ1) is 14.9. The van der Waals surface area contributed by atoms with E-state index >= 15 is 0 Å². The first-order chi connectivity index (χ1) is 6.97. The van der Waals surface area contributed by atoms with Gasteiger partial charge in [-0.3, -0.25) is 9.59 Å². The standard InChI is InChI=1S/C12H22O4/c1-11(2,3)6-7-12(4,5)8(9(13)14)10(15)16/h8H,6-7H2,1-5H3,(H,13,14)(H,15,16). The second-order valence-corrected chi connectivity index (χ2v) is 6.16. The molecule has 0 amide bonds. The van der Waals surface area contributed by atoms with Crippen LogP contribution < -0.4 is 0 Å². The SMILES string of the molecule is CC(C)(C)CCC(C)(C)C(C(=O)O)C(=O)O. The molecule has 0 aliphatic carbocycles. The van der Waals surface area contributed by atoms with Gasteiger partial charge in [-0.05, 0) is 23.7 Å². The Balaban J connectivity index is 4.74. The molecule has 0 aliphatic rings. The minimum atomic E-state index is -1.34. The summed E-state index contributed by atoms with van der Waals surface area (Å²) in [4.78, 5) is 21.9. The lowest BCUT2D eigenvalue weighted by Gasteiger charge is -2.31. The van der Waals surface area contributed by atoms with E-state index in [1.165, 1.54) is 0 Å². The van der Waals surface area contributed by atoms with E-state index in [0.717, 1.165) is 6.42 Å². The lowest BCUT2D eigenvalue weighted by atomic mass is 9.72. The number of carboxylic acids is 2. The molecule has 0 atom stereocenters. The summed E-state index contributed by atoms with van der Waals surface area (Å²) in [5, 5.41) is 17.9. The van der Waals surface area contributed by atoms with E-state index in [1.807, 2.05) is 0 Å². The first-order valence-corrected chi connectivity index (χ1v) is 5.43. The summed E-state index contributed by atoms with van der Waals surface area (Å²) in [6, 6.07) is 0. The molecule has 0 aromatic rings. The number of aliphatic carboxylic acids is 2. The van der Waals surface area contributed by atoms with Crippen molar-refractivity contribution in [3.63, 3.8) is 0 Å². The van der Waals surface area contributed by atoms with Crippen LogP contribution in [0.3, 0.4) is 0 Å². The number of carboxylic acid groups (broad SMARTS) is 2. The molecule has 94 valence electrons. The van der Waals surface area contributed by atoms with Crippen molar-refractivity contribution in [2.24, 2.45) is 16.7 Å². The second kappa shape index (κ2) is 4.85. The molecular formula is C12H22O4. The average Bonchev–Trinajstić information content (AvgIpc) is 1.97. The van der Waals surface area contributed by atoms with Gasteiger partial charge in [0, 0.05) is 0 Å². The van der Waals surface area contributed by atoms with Crippen LogP contribution in [-0.4, -0.2) is 22.2 Å². The summed E-state index contributed by atoms with van der Waals surface area (Å²) in [5.74, 6) is -3.85. The minimum absolute atomic E-state index is 0.0822. The zero-order valence-electron chi connectivity index (χ0n) is 10.7. The molecular weight excluding hydrogens is 208 g/mol. The van der Waals surface area contributed by atoms with Crippen molar-refractivity contribution in [1.29, 1.82) is 0 Å². The Bertz CT molecular complexity index is 259. The van der Waals surface area contributed by atoms with Crippen LogP contribution in [0.25, 0.3) is 0 Å². The maximum Gasteiger partial charge on any atom is 0.318 e. The molecule has 2 N–H and O–H groups in total. The molecule has 0 unspecified atom stereocenters. The maximum atomic E-state index is 10.9. The smallest absolute Gasteiger partial charge is 0.318 e. The van der Waals surface area contributed by atoms with E-state index in [4.69, 9.17) is 10.2 Å². The van der Waals surface area contributed by atoms with Crippen molar-refractivity contribution in [2.45, 2.75) is 47.5 Å². The van der Waals surface area contributed by atoms with E-state index in [2.05, 4.69) is 20.8 Å². The Morgan fingerprint density at radius 3 is 1.56 bits per heavy atom. The summed E-state index contributed by atoms with van der Waals surface area (Å²) in [6.07, 6.45) is 1.39. The summed E-state index contributed by atoms with van der Waals surface area (Å²) >= 11 is 0. The zero-order chi connectivity index (χ0) is 13.1. The number of rotatable bonds is 5. The number of hydrogen-bond donors (Lipinski definition) is 2. The van der Waals surface area contributed by atoms with Gasteiger partial charge in [0.15, 0.2) is 5.92 Å². The van der Waals surface area contributed by atoms with Crippen LogP contribution in [0.2, 0.25) is 0 Å². The van der Waals surface area contributed by atoms with Gasteiger partial charge in [0.1, 0.15) is 0 Å². The monoisotopic (exact) mass is 230 g/mol. The topological polar surface area (TPSA) is 74.6 Å². The van der Waals surface area contributed by atoms with Gasteiger partial charge < -0.3 is 10.2 Å². The molecule has 0 rings (SSSR count). The van der Waals surface area contributed by atoms with Crippen LogP contribution in [0.5, 0.6) is 0 Å². The van der Waals surface area contributed by atoms with Gasteiger partial charge in [-0.15, -0.1) is 0 Å². The minimum Gasteiger partial charge on any atom is -0.481 e. The van der Waals surface area contributed by atoms with Crippen LogP contribution >= 0.6 is 0 Å². The van der Waals surface area contributed by atoms with Crippen LogP contribution in [-0.2, 0) is 9.59 Å². The van der Waals surface area contributed by atoms with Crippen molar-refractivity contribution < 1.29 is 19.8 Å². The normalized spacial score (nSPS) is 12.9. The third kappa shape index (κ3) is 4.64. The number of carbonyl (C=O) groups is 2. The highest BCUT2D eigenvalue weighted by Gasteiger charge is 2.41. The third-order valence-corrected chi connectivity index (χ3v) is 2.79. The number of hydrogen-bond acceptors (Lipinski definition) is 2. The summed E-state index contributed by atoms with van der Waals surface area (Å²) in [6.45, 7) is 9.57. The van der Waals surface area contributed by atoms with Gasteiger partial charge in [-0.2, -0.15) is 0 Å². The molecule has 0 aromatic heterocycles. The molecule has 0 aromatic carbocycles. The molecule has 4 heteroatoms. The highest BCUT2D eigenvalue weighted by molar-refractivity contribution is 5.93. The maximum absolute atomic E-state index is 10.9. The molecule has 0 saturated heterocycles. The second-order valence-electron chi connectivity index (χ2n) is 6.16. The van der Waals surface area contributed by atoms with E-state index in [0.29, 0.717) is 6.42 Å². The van der Waals surface area contributed by atoms with Crippen molar-refractivity contribution in [3.8, 4) is 0 Å². The lowest BCUT2D eigenvalue weighted by molar-refractivity contribution is -0.160. The predicted octanol–water partition coefficient (Wildman–Crippen LogP) is 2.62. The van der Waals surface area contributed by atoms with E-state index in [9.17, 15) is 9.59 Å². The molecule has 0 radical (unpaired) electrons. The van der Waals surface area contributed by atoms with Crippen LogP contribution in [0, 0.1) is 16.7 Å². The Morgan fingerprint density at radius 1 is 0.938 bits per heavy atom. The highest BCUT2D eigenvalue weighted by atomic mass is 16.4. The first-order valence-electron chi connectivity index (χ1n) is 5.43. The van der Waals surface area contributed by atoms with Crippen molar-refractivity contribution in [3.05, 3.63) is 0 Å². The van der Waals surface area contributed by atoms with E-state index in [-0.39, 0.29) is 5.41 Å². The van der Waals surface area contributed by atoms with E-state index in [1.54, 1.807) is 13.8 Å². The molecule has 0 aliphatic heterocycles. The van der Waals surface area contributed by atoms with E-state index < -0.39 is 23.3 Å². The third-order valence-electron chi connectivity index (χ3n) is 2.79. The van der Waals surface area contributed by atoms with Gasteiger partial charge in [-0.1, -0.05) is 34.6 Å². The summed E-state index contributed by atoms with van der Waals surface area (Å²) < 4.78 is 0. The Kier molecular flexibility index (Phi) is 4.53. The van der Waals surface area contributed by atoms with Crippen molar-refractivity contribution >= 4 is 11.9 Å². The molecule has 0 spiro atoms. The van der Waals surface area contributed by atoms with Crippen molar-refractivity contribution in [2.75, 3.05) is 0 Å². The fraction of sp³-hybridized carbons (Fsp3) is 0.833. The summed E-state index contributed by atoms with van der Waals surface area (Å²) in [5.41, 5.74) is -0.649. The zero-order valence-corrected chi connectivity index (χ0v) is 10.7. The van der Waals surface area contributed by atoms with Gasteiger partial charge in [0.05, 0.1) is 0 Å². The van der Waals surface area contributed by atoms with Crippen LogP contribution in [0.4, 0.5) is 0 Å². The van der Waals surface area contributed by atoms with Crippen LogP contribution in [0.1, 0.15) is 47.5 Å². The van der Waals surface area contributed by atoms with Crippen LogP contribution in [0.15, 0.2) is 0 Å². The largest absolute Gasteiger partial charge is 0.481 e. The van der Waals surface area contributed by atoms with Gasteiger partial charge in [0.2, 0.25) is 0 Å². The predicted molar refractivity (Wildman–Crippen MR) is 61.2 cm³/mol. The Morgan fingerprint density at radius 2 is 1.31 bits per heavy atom. The molecule has 0 saturated carbocycles. The van der Waals surface area contributed by atoms with Crippen molar-refractivity contribution in [1.82, 2.24) is 0 Å². The van der Waals surface area contributed by atoms with Gasteiger partial charge >= 0.3 is 11.9 Å². The molecule has 4 nitrogen and oxygen atoms in total. The quantitative estimate of drug-likeness (QED) is 0.712. The summed E-state index contributed by atoms with van der Waals surface area (Å²) in [7, 11) is 0. The molecule has 0 fully saturated rings. The highest BCUT2D eigenvalue weighted by Crippen LogP contribution is 2.36. The average molecular weight is 230 g/mol. The molecule has 0 bridgehead atoms. The van der Waals surface area contributed by atoms with Gasteiger partial charge in [-0.25, -0.2) is 0 Å². The Hall–Kier alpha value is -1.06. The fourth-order valence-corrected chi connectivity index (χ4v) is 1.62. The molecule has 0 heterocycles. The Labute approximate surface area is 96.7 Å². The molecule has 16 heavy (non-hydrogen) atoms. The fourth-order valence-electron chi connectivity index (χ4n) is 1.62.